The highest BCUT2D eigenvalue weighted by atomic mass is 32.1. The summed E-state index contributed by atoms with van der Waals surface area (Å²) in [6.07, 6.45) is 2.10. The number of nitrogens with one attached hydrogen (secondary N) is 1. The first-order valence-electron chi connectivity index (χ1n) is 6.61. The molecule has 0 aliphatic heterocycles. The lowest BCUT2D eigenvalue weighted by Crippen LogP contribution is -2.24. The van der Waals surface area contributed by atoms with Crippen molar-refractivity contribution in [2.24, 2.45) is 5.73 Å². The number of nitrogens with zero attached hydrogens (tertiary/aromatic N) is 1. The van der Waals surface area contributed by atoms with E-state index in [4.69, 9.17) is 18.0 Å². The van der Waals surface area contributed by atoms with E-state index >= 15 is 0 Å². The number of benzene rings is 1. The van der Waals surface area contributed by atoms with Crippen molar-refractivity contribution in [3.05, 3.63) is 65.0 Å². The van der Waals surface area contributed by atoms with Gasteiger partial charge in [-0.15, -0.1) is 0 Å². The van der Waals surface area contributed by atoms with E-state index in [2.05, 4.69) is 10.3 Å². The van der Waals surface area contributed by atoms with Crippen molar-refractivity contribution < 1.29 is 4.79 Å². The highest BCUT2D eigenvalue weighted by Gasteiger charge is 2.04. The molecule has 0 bridgehead atoms. The first-order valence-corrected chi connectivity index (χ1v) is 7.02. The Morgan fingerprint density at radius 1 is 1.19 bits per heavy atom. The van der Waals surface area contributed by atoms with Crippen molar-refractivity contribution in [2.75, 3.05) is 0 Å². The Morgan fingerprint density at radius 3 is 2.43 bits per heavy atom. The maximum absolute atomic E-state index is 11.9. The lowest BCUT2D eigenvalue weighted by Gasteiger charge is -2.06. The Bertz CT molecular complexity index is 636. The molecule has 0 atom stereocenters. The number of nitrogens with two attached hydrogens (primary N) is 1. The number of hydrogen-bond acceptors (Lipinski definition) is 3. The van der Waals surface area contributed by atoms with E-state index in [9.17, 15) is 4.79 Å². The van der Waals surface area contributed by atoms with Crippen LogP contribution in [0, 0.1) is 6.92 Å². The van der Waals surface area contributed by atoms with Crippen molar-refractivity contribution in [3.63, 3.8) is 0 Å². The molecule has 4 nitrogen and oxygen atoms in total. The van der Waals surface area contributed by atoms with Crippen LogP contribution in [-0.4, -0.2) is 15.9 Å². The van der Waals surface area contributed by atoms with Crippen LogP contribution in [-0.2, 0) is 17.8 Å². The van der Waals surface area contributed by atoms with Crippen LogP contribution in [0.15, 0.2) is 42.6 Å². The second-order valence-corrected chi connectivity index (χ2v) is 5.26. The quantitative estimate of drug-likeness (QED) is 0.827. The molecule has 5 heteroatoms. The summed E-state index contributed by atoms with van der Waals surface area (Å²) in [5, 5.41) is 2.87. The van der Waals surface area contributed by atoms with Crippen LogP contribution in [0.5, 0.6) is 0 Å². The van der Waals surface area contributed by atoms with Gasteiger partial charge in [0.1, 0.15) is 4.99 Å². The average molecular weight is 299 g/mol. The number of rotatable bonds is 5. The first kappa shape index (κ1) is 15.1. The van der Waals surface area contributed by atoms with Crippen molar-refractivity contribution in [3.8, 4) is 0 Å². The minimum absolute atomic E-state index is 0.0290. The number of carbonyl (C=O) groups excluding carboxylic acids is 1. The van der Waals surface area contributed by atoms with E-state index in [0.29, 0.717) is 18.0 Å². The maximum Gasteiger partial charge on any atom is 0.224 e. The van der Waals surface area contributed by atoms with Gasteiger partial charge >= 0.3 is 0 Å². The number of aromatic nitrogens is 1. The molecule has 0 saturated heterocycles. The Morgan fingerprint density at radius 2 is 1.86 bits per heavy atom. The van der Waals surface area contributed by atoms with Gasteiger partial charge in [0.2, 0.25) is 5.91 Å². The Hall–Kier alpha value is -2.27. The van der Waals surface area contributed by atoms with Crippen molar-refractivity contribution in [1.82, 2.24) is 10.3 Å². The van der Waals surface area contributed by atoms with Gasteiger partial charge in [-0.3, -0.25) is 9.78 Å². The molecule has 3 N–H and O–H groups in total. The molecule has 0 saturated carbocycles. The fourth-order valence-corrected chi connectivity index (χ4v) is 1.97. The molecule has 1 heterocycles. The van der Waals surface area contributed by atoms with Gasteiger partial charge in [0.05, 0.1) is 6.42 Å². The maximum atomic E-state index is 11.9. The second-order valence-electron chi connectivity index (χ2n) is 4.82. The fraction of sp³-hybridized carbons (Fsp3) is 0.188. The normalized spacial score (nSPS) is 10.1. The highest BCUT2D eigenvalue weighted by molar-refractivity contribution is 7.80. The van der Waals surface area contributed by atoms with E-state index in [1.807, 2.05) is 43.3 Å². The summed E-state index contributed by atoms with van der Waals surface area (Å²) in [6, 6.07) is 11.3. The zero-order chi connectivity index (χ0) is 15.2. The number of pyridine rings is 1. The molecule has 21 heavy (non-hydrogen) atoms. The fourth-order valence-electron chi connectivity index (χ4n) is 1.84. The van der Waals surface area contributed by atoms with Gasteiger partial charge in [-0.2, -0.15) is 0 Å². The largest absolute Gasteiger partial charge is 0.389 e. The minimum atomic E-state index is -0.0290. The minimum Gasteiger partial charge on any atom is -0.389 e. The predicted octanol–water partition coefficient (Wildman–Crippen LogP) is 1.88. The van der Waals surface area contributed by atoms with Crippen molar-refractivity contribution >= 4 is 23.1 Å². The summed E-state index contributed by atoms with van der Waals surface area (Å²) in [5.41, 5.74) is 9.21. The van der Waals surface area contributed by atoms with E-state index in [-0.39, 0.29) is 5.91 Å². The van der Waals surface area contributed by atoms with Crippen molar-refractivity contribution in [2.45, 2.75) is 19.9 Å². The zero-order valence-electron chi connectivity index (χ0n) is 11.8. The molecule has 0 radical (unpaired) electrons. The number of hydrogen-bond donors (Lipinski definition) is 2. The number of amides is 1. The van der Waals surface area contributed by atoms with E-state index in [1.165, 1.54) is 0 Å². The lowest BCUT2D eigenvalue weighted by molar-refractivity contribution is -0.120. The standard InChI is InChI=1S/C16H17N3OS/c1-11-2-3-13(9-18-11)10-19-15(20)8-12-4-6-14(7-5-12)16(17)21/h2-7,9H,8,10H2,1H3,(H2,17,21)(H,19,20). The van der Waals surface area contributed by atoms with Gasteiger partial charge in [-0.1, -0.05) is 42.5 Å². The third-order valence-corrected chi connectivity index (χ3v) is 3.30. The summed E-state index contributed by atoms with van der Waals surface area (Å²) in [5.74, 6) is -0.0290. The topological polar surface area (TPSA) is 68.0 Å². The van der Waals surface area contributed by atoms with Crippen LogP contribution in [0.2, 0.25) is 0 Å². The Labute approximate surface area is 129 Å². The average Bonchev–Trinajstić information content (AvgIpc) is 2.47. The summed E-state index contributed by atoms with van der Waals surface area (Å²) in [4.78, 5) is 16.4. The monoisotopic (exact) mass is 299 g/mol. The molecular weight excluding hydrogens is 282 g/mol. The van der Waals surface area contributed by atoms with E-state index in [1.54, 1.807) is 6.20 Å². The van der Waals surface area contributed by atoms with Gasteiger partial charge < -0.3 is 11.1 Å². The van der Waals surface area contributed by atoms with E-state index < -0.39 is 0 Å². The molecule has 108 valence electrons. The van der Waals surface area contributed by atoms with E-state index in [0.717, 1.165) is 22.4 Å². The Kier molecular flexibility index (Phi) is 5.00. The molecule has 0 spiro atoms. The molecule has 0 fully saturated rings. The molecule has 2 rings (SSSR count). The van der Waals surface area contributed by atoms with Gasteiger partial charge in [-0.25, -0.2) is 0 Å². The predicted molar refractivity (Wildman–Crippen MR) is 86.9 cm³/mol. The molecule has 1 aromatic carbocycles. The van der Waals surface area contributed by atoms with Crippen LogP contribution >= 0.6 is 12.2 Å². The number of thiocarbonyl (C=S) groups is 1. The van der Waals surface area contributed by atoms with Gasteiger partial charge in [0.25, 0.3) is 0 Å². The summed E-state index contributed by atoms with van der Waals surface area (Å²) >= 11 is 4.89. The summed E-state index contributed by atoms with van der Waals surface area (Å²) in [6.45, 7) is 2.41. The third-order valence-electron chi connectivity index (χ3n) is 3.07. The molecule has 2 aromatic rings. The van der Waals surface area contributed by atoms with Crippen LogP contribution in [0.3, 0.4) is 0 Å². The highest BCUT2D eigenvalue weighted by Crippen LogP contribution is 2.05. The first-order chi connectivity index (χ1) is 10.0. The SMILES string of the molecule is Cc1ccc(CNC(=O)Cc2ccc(C(N)=S)cc2)cn1. The van der Waals surface area contributed by atoms with Crippen molar-refractivity contribution in [1.29, 1.82) is 0 Å². The molecule has 0 aliphatic carbocycles. The lowest BCUT2D eigenvalue weighted by atomic mass is 10.1. The molecule has 1 amide bonds. The second kappa shape index (κ2) is 6.95. The Balaban J connectivity index is 1.86. The summed E-state index contributed by atoms with van der Waals surface area (Å²) < 4.78 is 0. The zero-order valence-corrected chi connectivity index (χ0v) is 12.6. The van der Waals surface area contributed by atoms with Crippen LogP contribution in [0.1, 0.15) is 22.4 Å². The molecule has 0 unspecified atom stereocenters. The molecule has 1 aromatic heterocycles. The smallest absolute Gasteiger partial charge is 0.224 e. The van der Waals surface area contributed by atoms with Crippen LogP contribution in [0.4, 0.5) is 0 Å². The molecule has 0 aliphatic rings. The van der Waals surface area contributed by atoms with Crippen LogP contribution in [0.25, 0.3) is 0 Å². The van der Waals surface area contributed by atoms with Gasteiger partial charge in [-0.05, 0) is 24.1 Å². The van der Waals surface area contributed by atoms with Gasteiger partial charge in [0, 0.05) is 24.0 Å². The summed E-state index contributed by atoms with van der Waals surface area (Å²) in [7, 11) is 0. The third kappa shape index (κ3) is 4.65. The van der Waals surface area contributed by atoms with Gasteiger partial charge in [0.15, 0.2) is 0 Å². The number of aryl methyl sites for hydroxylation is 1. The van der Waals surface area contributed by atoms with Crippen LogP contribution < -0.4 is 11.1 Å². The number of carbonyl (C=O) groups is 1. The molecular formula is C16H17N3OS.